The van der Waals surface area contributed by atoms with Crippen molar-refractivity contribution in [2.75, 3.05) is 12.4 Å². The van der Waals surface area contributed by atoms with Crippen LogP contribution in [0.25, 0.3) is 5.69 Å². The number of nitrogens with one attached hydrogen (secondary N) is 1. The van der Waals surface area contributed by atoms with Gasteiger partial charge in [-0.25, -0.2) is 9.40 Å². The van der Waals surface area contributed by atoms with Crippen LogP contribution < -0.4 is 10.1 Å². The molecule has 2 amide bonds. The van der Waals surface area contributed by atoms with Gasteiger partial charge in [0.2, 0.25) is 0 Å². The van der Waals surface area contributed by atoms with Crippen molar-refractivity contribution < 1.29 is 18.7 Å². The third-order valence-corrected chi connectivity index (χ3v) is 8.90. The molecule has 0 saturated heterocycles. The molecule has 3 heterocycles. The third-order valence-electron chi connectivity index (χ3n) is 7.07. The Labute approximate surface area is 267 Å². The Balaban J connectivity index is 1.19. The first kappa shape index (κ1) is 30.2. The van der Waals surface area contributed by atoms with Gasteiger partial charge in [-0.2, -0.15) is 5.10 Å². The van der Waals surface area contributed by atoms with Gasteiger partial charge in [-0.15, -0.1) is 21.5 Å². The molecule has 3 aromatic carbocycles. The molecule has 228 valence electrons. The normalized spacial score (nSPS) is 14.3. The average Bonchev–Trinajstić information content (AvgIpc) is 3.83. The minimum atomic E-state index is -0.352. The highest BCUT2D eigenvalue weighted by molar-refractivity contribution is 7.99. The van der Waals surface area contributed by atoms with Gasteiger partial charge in [-0.05, 0) is 65.9 Å². The van der Waals surface area contributed by atoms with E-state index in [1.165, 1.54) is 28.9 Å². The molecule has 1 unspecified atom stereocenters. The molecular weight excluding hydrogens is 612 g/mol. The largest absolute Gasteiger partial charge is 0.484 e. The van der Waals surface area contributed by atoms with Crippen LogP contribution >= 0.6 is 23.1 Å². The molecule has 0 fully saturated rings. The fourth-order valence-corrected chi connectivity index (χ4v) is 6.44. The Morgan fingerprint density at radius 1 is 1.02 bits per heavy atom. The Morgan fingerprint density at radius 2 is 1.84 bits per heavy atom. The average molecular weight is 641 g/mol. The number of hydrazone groups is 1. The van der Waals surface area contributed by atoms with Crippen LogP contribution in [0.5, 0.6) is 5.75 Å². The number of thioether (sulfide) groups is 1. The van der Waals surface area contributed by atoms with Gasteiger partial charge < -0.3 is 10.1 Å². The first-order chi connectivity index (χ1) is 21.9. The van der Waals surface area contributed by atoms with E-state index in [1.54, 1.807) is 35.6 Å². The fraction of sp³-hybridized carbons (Fsp3) is 0.182. The number of aromatic nitrogens is 3. The zero-order valence-corrected chi connectivity index (χ0v) is 25.9. The molecule has 5 aromatic rings. The summed E-state index contributed by atoms with van der Waals surface area (Å²) in [5.74, 6) is 0.295. The molecule has 0 spiro atoms. The maximum Gasteiger partial charge on any atom is 0.258 e. The summed E-state index contributed by atoms with van der Waals surface area (Å²) in [6.07, 6.45) is 0.528. The molecule has 1 atom stereocenters. The Morgan fingerprint density at radius 3 is 2.60 bits per heavy atom. The highest BCUT2D eigenvalue weighted by Gasteiger charge is 2.33. The van der Waals surface area contributed by atoms with Gasteiger partial charge in [0.15, 0.2) is 17.6 Å². The number of hydrogen-bond donors (Lipinski definition) is 1. The van der Waals surface area contributed by atoms with E-state index in [0.717, 1.165) is 27.4 Å². The quantitative estimate of drug-likeness (QED) is 0.179. The second-order valence-electron chi connectivity index (χ2n) is 10.3. The lowest BCUT2D eigenvalue weighted by atomic mass is 10.0. The maximum absolute atomic E-state index is 13.7. The topological polar surface area (TPSA) is 102 Å². The Hall–Kier alpha value is -4.81. The summed E-state index contributed by atoms with van der Waals surface area (Å²) in [4.78, 5) is 27.2. The first-order valence-electron chi connectivity index (χ1n) is 14.2. The summed E-state index contributed by atoms with van der Waals surface area (Å²) in [5, 5.41) is 20.3. The van der Waals surface area contributed by atoms with Crippen LogP contribution in [0.4, 0.5) is 4.39 Å². The van der Waals surface area contributed by atoms with Crippen LogP contribution in [0, 0.1) is 12.7 Å². The Kier molecular flexibility index (Phi) is 9.32. The standard InChI is InChI=1S/C33H29FN6O3S2/c1-22-7-5-8-25(17-22)39-30(19-35-31(41)20-43-26-9-3-2-4-10-26)36-37-33(39)45-21-32(42)40-28(23-12-14-24(34)15-13-23)18-27(38-40)29-11-6-16-44-29/h2-17,28H,18-21H2,1H3,(H,35,41). The second kappa shape index (κ2) is 13.9. The molecule has 45 heavy (non-hydrogen) atoms. The number of aryl methyl sites for hydroxylation is 1. The van der Waals surface area contributed by atoms with Crippen molar-refractivity contribution in [3.05, 3.63) is 124 Å². The van der Waals surface area contributed by atoms with Crippen molar-refractivity contribution in [2.24, 2.45) is 5.10 Å². The summed E-state index contributed by atoms with van der Waals surface area (Å²) >= 11 is 2.80. The van der Waals surface area contributed by atoms with Crippen LogP contribution in [0.1, 0.15) is 34.3 Å². The number of para-hydroxylation sites is 1. The monoisotopic (exact) mass is 640 g/mol. The minimum Gasteiger partial charge on any atom is -0.484 e. The van der Waals surface area contributed by atoms with Gasteiger partial charge in [-0.1, -0.05) is 60.3 Å². The second-order valence-corrected chi connectivity index (χ2v) is 12.2. The van der Waals surface area contributed by atoms with Crippen molar-refractivity contribution in [2.45, 2.75) is 31.1 Å². The molecule has 0 radical (unpaired) electrons. The molecule has 2 aromatic heterocycles. The predicted octanol–water partition coefficient (Wildman–Crippen LogP) is 5.94. The van der Waals surface area contributed by atoms with Gasteiger partial charge >= 0.3 is 0 Å². The number of rotatable bonds is 11. The highest BCUT2D eigenvalue weighted by Crippen LogP contribution is 2.35. The number of hydrogen-bond acceptors (Lipinski definition) is 8. The van der Waals surface area contributed by atoms with E-state index in [-0.39, 0.29) is 42.6 Å². The van der Waals surface area contributed by atoms with E-state index in [9.17, 15) is 14.0 Å². The molecule has 1 aliphatic rings. The number of ether oxygens (including phenoxy) is 1. The molecule has 1 aliphatic heterocycles. The molecule has 1 N–H and O–H groups in total. The maximum atomic E-state index is 13.7. The lowest BCUT2D eigenvalue weighted by Gasteiger charge is -2.22. The molecule has 0 bridgehead atoms. The van der Waals surface area contributed by atoms with E-state index in [1.807, 2.05) is 71.5 Å². The van der Waals surface area contributed by atoms with Gasteiger partial charge in [0.25, 0.3) is 11.8 Å². The van der Waals surface area contributed by atoms with E-state index in [0.29, 0.717) is 23.2 Å². The number of benzene rings is 3. The predicted molar refractivity (Wildman–Crippen MR) is 172 cm³/mol. The molecule has 0 saturated carbocycles. The van der Waals surface area contributed by atoms with Crippen LogP contribution in [0.2, 0.25) is 0 Å². The molecule has 6 rings (SSSR count). The summed E-state index contributed by atoms with van der Waals surface area (Å²) < 4.78 is 21.1. The van der Waals surface area contributed by atoms with Crippen LogP contribution in [0.15, 0.2) is 107 Å². The fourth-order valence-electron chi connectivity index (χ4n) is 4.90. The lowest BCUT2D eigenvalue weighted by molar-refractivity contribution is -0.130. The van der Waals surface area contributed by atoms with Crippen LogP contribution in [-0.2, 0) is 16.1 Å². The SMILES string of the molecule is Cc1cccc(-n2c(CNC(=O)COc3ccccc3)nnc2SCC(=O)N2N=C(c3cccs3)CC2c2ccc(F)cc2)c1. The third kappa shape index (κ3) is 7.30. The van der Waals surface area contributed by atoms with E-state index < -0.39 is 0 Å². The highest BCUT2D eigenvalue weighted by atomic mass is 32.2. The van der Waals surface area contributed by atoms with Gasteiger partial charge in [0.05, 0.1) is 28.9 Å². The van der Waals surface area contributed by atoms with Crippen molar-refractivity contribution in [3.8, 4) is 11.4 Å². The summed E-state index contributed by atoms with van der Waals surface area (Å²) in [5.41, 5.74) is 3.47. The van der Waals surface area contributed by atoms with Gasteiger partial charge in [0.1, 0.15) is 11.6 Å². The zero-order valence-electron chi connectivity index (χ0n) is 24.3. The van der Waals surface area contributed by atoms with Crippen LogP contribution in [0.3, 0.4) is 0 Å². The van der Waals surface area contributed by atoms with Crippen molar-refractivity contribution in [1.29, 1.82) is 0 Å². The molecule has 12 heteroatoms. The van der Waals surface area contributed by atoms with Crippen molar-refractivity contribution in [1.82, 2.24) is 25.1 Å². The van der Waals surface area contributed by atoms with Crippen molar-refractivity contribution in [3.63, 3.8) is 0 Å². The number of nitrogens with zero attached hydrogens (tertiary/aromatic N) is 5. The number of amides is 2. The number of carbonyl (C=O) groups excluding carboxylic acids is 2. The minimum absolute atomic E-state index is 0.0418. The Bertz CT molecular complexity index is 1810. The molecule has 0 aliphatic carbocycles. The van der Waals surface area contributed by atoms with Gasteiger partial charge in [0, 0.05) is 12.1 Å². The smallest absolute Gasteiger partial charge is 0.258 e. The number of thiophene rings is 1. The molecular formula is C33H29FN6O3S2. The summed E-state index contributed by atoms with van der Waals surface area (Å²) in [6.45, 7) is 1.95. The lowest BCUT2D eigenvalue weighted by Crippen LogP contribution is -2.29. The number of halogens is 1. The van der Waals surface area contributed by atoms with E-state index in [2.05, 4.69) is 15.5 Å². The van der Waals surface area contributed by atoms with E-state index >= 15 is 0 Å². The van der Waals surface area contributed by atoms with Gasteiger partial charge in [-0.3, -0.25) is 14.2 Å². The van der Waals surface area contributed by atoms with Crippen LogP contribution in [-0.4, -0.2) is 49.7 Å². The first-order valence-corrected chi connectivity index (χ1v) is 16.1. The summed E-state index contributed by atoms with van der Waals surface area (Å²) in [7, 11) is 0. The zero-order chi connectivity index (χ0) is 31.2. The summed E-state index contributed by atoms with van der Waals surface area (Å²) in [6, 6.07) is 26.7. The number of carbonyl (C=O) groups is 2. The van der Waals surface area contributed by atoms with E-state index in [4.69, 9.17) is 9.84 Å². The van der Waals surface area contributed by atoms with Crippen molar-refractivity contribution >= 4 is 40.6 Å². The molecule has 9 nitrogen and oxygen atoms in total.